The molecule has 0 atom stereocenters. The van der Waals surface area contributed by atoms with Gasteiger partial charge < -0.3 is 14.9 Å². The van der Waals surface area contributed by atoms with E-state index >= 15 is 0 Å². The summed E-state index contributed by atoms with van der Waals surface area (Å²) in [6.45, 7) is 2.62. The van der Waals surface area contributed by atoms with Crippen molar-refractivity contribution in [1.29, 1.82) is 0 Å². The van der Waals surface area contributed by atoms with Gasteiger partial charge in [0.15, 0.2) is 0 Å². The van der Waals surface area contributed by atoms with Crippen LogP contribution in [0.3, 0.4) is 0 Å². The number of aromatic carboxylic acids is 1. The van der Waals surface area contributed by atoms with E-state index in [2.05, 4.69) is 0 Å². The molecule has 0 aromatic heterocycles. The van der Waals surface area contributed by atoms with Gasteiger partial charge in [-0.25, -0.2) is 4.79 Å². The van der Waals surface area contributed by atoms with E-state index < -0.39 is 28.9 Å². The molecule has 0 saturated carbocycles. The molecule has 1 aromatic rings. The zero-order chi connectivity index (χ0) is 14.8. The Bertz CT molecular complexity index is 475. The molecule has 0 fully saturated rings. The molecule has 4 nitrogen and oxygen atoms in total. The molecule has 0 aliphatic carbocycles. The number of hydrogen-bond donors (Lipinski definition) is 2. The van der Waals surface area contributed by atoms with Crippen LogP contribution in [0, 0.1) is 0 Å². The maximum absolute atomic E-state index is 12.5. The van der Waals surface area contributed by atoms with Crippen LogP contribution < -0.4 is 4.74 Å². The fourth-order valence-corrected chi connectivity index (χ4v) is 1.25. The Morgan fingerprint density at radius 1 is 1.32 bits per heavy atom. The van der Waals surface area contributed by atoms with Gasteiger partial charge in [0, 0.05) is 0 Å². The summed E-state index contributed by atoms with van der Waals surface area (Å²) >= 11 is 0. The molecular weight excluding hydrogens is 265 g/mol. The summed E-state index contributed by atoms with van der Waals surface area (Å²) in [7, 11) is 0. The van der Waals surface area contributed by atoms with Crippen LogP contribution in [0.5, 0.6) is 5.75 Å². The van der Waals surface area contributed by atoms with Crippen LogP contribution in [0.4, 0.5) is 13.2 Å². The van der Waals surface area contributed by atoms with Gasteiger partial charge in [-0.05, 0) is 32.0 Å². The first-order chi connectivity index (χ1) is 8.50. The fourth-order valence-electron chi connectivity index (χ4n) is 1.25. The molecule has 19 heavy (non-hydrogen) atoms. The fraction of sp³-hybridized carbons (Fsp3) is 0.417. The van der Waals surface area contributed by atoms with Crippen molar-refractivity contribution in [2.45, 2.75) is 25.6 Å². The standard InChI is InChI=1S/C12H13F3O4/c1-11(2,18)6-19-9-4-3-7(12(13,14)15)5-8(9)10(16)17/h3-5,18H,6H2,1-2H3,(H,16,17). The number of carboxylic acid groups (broad SMARTS) is 1. The van der Waals surface area contributed by atoms with E-state index in [0.29, 0.717) is 6.07 Å². The van der Waals surface area contributed by atoms with Crippen molar-refractivity contribution in [2.75, 3.05) is 6.61 Å². The number of carbonyl (C=O) groups is 1. The Balaban J connectivity index is 3.09. The zero-order valence-corrected chi connectivity index (χ0v) is 10.3. The Kier molecular flexibility index (Phi) is 4.09. The molecule has 106 valence electrons. The Morgan fingerprint density at radius 3 is 2.32 bits per heavy atom. The van der Waals surface area contributed by atoms with E-state index in [0.717, 1.165) is 12.1 Å². The number of alkyl halides is 3. The normalized spacial score (nSPS) is 12.3. The van der Waals surface area contributed by atoms with Crippen molar-refractivity contribution < 1.29 is 32.9 Å². The van der Waals surface area contributed by atoms with Gasteiger partial charge in [0.25, 0.3) is 0 Å². The average molecular weight is 278 g/mol. The van der Waals surface area contributed by atoms with Crippen molar-refractivity contribution in [3.63, 3.8) is 0 Å². The summed E-state index contributed by atoms with van der Waals surface area (Å²) in [5.74, 6) is -1.75. The smallest absolute Gasteiger partial charge is 0.416 e. The maximum Gasteiger partial charge on any atom is 0.416 e. The molecule has 0 radical (unpaired) electrons. The highest BCUT2D eigenvalue weighted by Gasteiger charge is 2.32. The number of halogens is 3. The molecule has 2 N–H and O–H groups in total. The van der Waals surface area contributed by atoms with Gasteiger partial charge in [0.2, 0.25) is 0 Å². The molecule has 0 bridgehead atoms. The molecule has 0 amide bonds. The van der Waals surface area contributed by atoms with Gasteiger partial charge in [-0.2, -0.15) is 13.2 Å². The van der Waals surface area contributed by atoms with Crippen molar-refractivity contribution in [2.24, 2.45) is 0 Å². The zero-order valence-electron chi connectivity index (χ0n) is 10.3. The lowest BCUT2D eigenvalue weighted by Gasteiger charge is -2.19. The van der Waals surface area contributed by atoms with Crippen LogP contribution in [0.2, 0.25) is 0 Å². The number of rotatable bonds is 4. The molecule has 1 rings (SSSR count). The molecule has 0 heterocycles. The maximum atomic E-state index is 12.5. The second-order valence-electron chi connectivity index (χ2n) is 4.61. The first kappa shape index (κ1) is 15.3. The van der Waals surface area contributed by atoms with E-state index in [9.17, 15) is 23.1 Å². The van der Waals surface area contributed by atoms with Gasteiger partial charge in [-0.3, -0.25) is 0 Å². The van der Waals surface area contributed by atoms with Gasteiger partial charge >= 0.3 is 12.1 Å². The summed E-state index contributed by atoms with van der Waals surface area (Å²) in [6, 6.07) is 2.16. The lowest BCUT2D eigenvalue weighted by molar-refractivity contribution is -0.137. The number of aliphatic hydroxyl groups is 1. The third kappa shape index (κ3) is 4.44. The van der Waals surface area contributed by atoms with Crippen molar-refractivity contribution in [3.8, 4) is 5.75 Å². The largest absolute Gasteiger partial charge is 0.490 e. The van der Waals surface area contributed by atoms with Crippen LogP contribution in [-0.2, 0) is 6.18 Å². The van der Waals surface area contributed by atoms with E-state index in [1.165, 1.54) is 13.8 Å². The molecule has 1 aromatic carbocycles. The van der Waals surface area contributed by atoms with Crippen LogP contribution in [-0.4, -0.2) is 28.4 Å². The minimum Gasteiger partial charge on any atom is -0.490 e. The topological polar surface area (TPSA) is 66.8 Å². The predicted octanol–water partition coefficient (Wildman–Crippen LogP) is 2.55. The van der Waals surface area contributed by atoms with Crippen molar-refractivity contribution in [3.05, 3.63) is 29.3 Å². The van der Waals surface area contributed by atoms with E-state index in [1.807, 2.05) is 0 Å². The van der Waals surface area contributed by atoms with E-state index in [1.54, 1.807) is 0 Å². The Labute approximate surface area is 107 Å². The third-order valence-electron chi connectivity index (χ3n) is 2.12. The Morgan fingerprint density at radius 2 is 1.89 bits per heavy atom. The average Bonchev–Trinajstić information content (AvgIpc) is 2.23. The minimum atomic E-state index is -4.63. The van der Waals surface area contributed by atoms with E-state index in [-0.39, 0.29) is 12.4 Å². The molecule has 0 unspecified atom stereocenters. The summed E-state index contributed by atoms with van der Waals surface area (Å²) in [6.07, 6.45) is -4.63. The third-order valence-corrected chi connectivity index (χ3v) is 2.12. The molecule has 0 saturated heterocycles. The monoisotopic (exact) mass is 278 g/mol. The number of benzene rings is 1. The summed E-state index contributed by atoms with van der Waals surface area (Å²) in [4.78, 5) is 10.9. The number of hydrogen-bond acceptors (Lipinski definition) is 3. The second kappa shape index (κ2) is 5.08. The summed E-state index contributed by atoms with van der Waals surface area (Å²) < 4.78 is 42.4. The predicted molar refractivity (Wildman–Crippen MR) is 60.2 cm³/mol. The van der Waals surface area contributed by atoms with Crippen LogP contribution in [0.15, 0.2) is 18.2 Å². The highest BCUT2D eigenvalue weighted by Crippen LogP contribution is 2.32. The Hall–Kier alpha value is -1.76. The quantitative estimate of drug-likeness (QED) is 0.888. The molecular formula is C12H13F3O4. The van der Waals surface area contributed by atoms with Crippen LogP contribution >= 0.6 is 0 Å². The van der Waals surface area contributed by atoms with Crippen LogP contribution in [0.25, 0.3) is 0 Å². The first-order valence-corrected chi connectivity index (χ1v) is 5.30. The van der Waals surface area contributed by atoms with Gasteiger partial charge in [-0.1, -0.05) is 0 Å². The SMILES string of the molecule is CC(C)(O)COc1ccc(C(F)(F)F)cc1C(=O)O. The van der Waals surface area contributed by atoms with Crippen molar-refractivity contribution >= 4 is 5.97 Å². The number of ether oxygens (including phenoxy) is 1. The molecule has 0 aliphatic rings. The van der Waals surface area contributed by atoms with Gasteiger partial charge in [-0.15, -0.1) is 0 Å². The van der Waals surface area contributed by atoms with Crippen molar-refractivity contribution in [1.82, 2.24) is 0 Å². The molecule has 7 heteroatoms. The summed E-state index contributed by atoms with van der Waals surface area (Å²) in [5.41, 5.74) is -2.89. The minimum absolute atomic E-state index is 0.220. The van der Waals surface area contributed by atoms with Gasteiger partial charge in [0.1, 0.15) is 17.9 Å². The second-order valence-corrected chi connectivity index (χ2v) is 4.61. The lowest BCUT2D eigenvalue weighted by atomic mass is 10.1. The summed E-state index contributed by atoms with van der Waals surface area (Å²) in [5, 5.41) is 18.3. The highest BCUT2D eigenvalue weighted by molar-refractivity contribution is 5.91. The molecule has 0 spiro atoms. The van der Waals surface area contributed by atoms with Crippen LogP contribution in [0.1, 0.15) is 29.8 Å². The highest BCUT2D eigenvalue weighted by atomic mass is 19.4. The lowest BCUT2D eigenvalue weighted by Crippen LogP contribution is -2.28. The number of carboxylic acids is 1. The first-order valence-electron chi connectivity index (χ1n) is 5.30. The molecule has 0 aliphatic heterocycles. The van der Waals surface area contributed by atoms with Gasteiger partial charge in [0.05, 0.1) is 11.2 Å². The van der Waals surface area contributed by atoms with E-state index in [4.69, 9.17) is 9.84 Å².